The molecule has 166 valence electrons. The van der Waals surface area contributed by atoms with E-state index >= 15 is 0 Å². The van der Waals surface area contributed by atoms with Crippen molar-refractivity contribution in [1.82, 2.24) is 4.90 Å². The summed E-state index contributed by atoms with van der Waals surface area (Å²) in [6.07, 6.45) is 3.19. The molecule has 0 bridgehead atoms. The number of ketones is 1. The van der Waals surface area contributed by atoms with Crippen LogP contribution >= 0.6 is 0 Å². The standard InChI is InChI=1S/C20H28N2O8/c1-28-18-10-15(17(24)12-21-8-4-3-6-14(21)13-23)16(22(26)27)11-19(18)30-9-5-7-20(25)29-2/h10-11,14,23H,3-9,12-13H2,1-2H3/t14-/m0/s1. The Bertz CT molecular complexity index is 767. The predicted molar refractivity (Wildman–Crippen MR) is 107 cm³/mol. The van der Waals surface area contributed by atoms with E-state index in [4.69, 9.17) is 9.47 Å². The Balaban J connectivity index is 2.19. The van der Waals surface area contributed by atoms with E-state index < -0.39 is 10.7 Å². The quantitative estimate of drug-likeness (QED) is 0.186. The van der Waals surface area contributed by atoms with Crippen LogP contribution in [0.5, 0.6) is 11.5 Å². The van der Waals surface area contributed by atoms with Crippen LogP contribution in [0.3, 0.4) is 0 Å². The van der Waals surface area contributed by atoms with Crippen LogP contribution in [0.15, 0.2) is 12.1 Å². The number of nitrogens with zero attached hydrogens (tertiary/aromatic N) is 2. The van der Waals surface area contributed by atoms with Crippen LogP contribution < -0.4 is 9.47 Å². The summed E-state index contributed by atoms with van der Waals surface area (Å²) in [6, 6.07) is 2.36. The number of benzene rings is 1. The normalized spacial score (nSPS) is 16.7. The molecule has 0 amide bonds. The average molecular weight is 424 g/mol. The molecule has 0 unspecified atom stereocenters. The lowest BCUT2D eigenvalue weighted by molar-refractivity contribution is -0.385. The second kappa shape index (κ2) is 11.5. The molecule has 1 aliphatic heterocycles. The summed E-state index contributed by atoms with van der Waals surface area (Å²) in [5, 5.41) is 21.1. The van der Waals surface area contributed by atoms with Crippen LogP contribution in [0.1, 0.15) is 42.5 Å². The lowest BCUT2D eigenvalue weighted by Crippen LogP contribution is -2.44. The fourth-order valence-corrected chi connectivity index (χ4v) is 3.44. The number of Topliss-reactive ketones (excluding diaryl/α,β-unsaturated/α-hetero) is 1. The molecule has 10 heteroatoms. The number of esters is 1. The minimum Gasteiger partial charge on any atom is -0.493 e. The topological polar surface area (TPSA) is 128 Å². The first-order valence-electron chi connectivity index (χ1n) is 9.85. The number of ether oxygens (including phenoxy) is 3. The number of nitro groups is 1. The number of hydrogen-bond acceptors (Lipinski definition) is 9. The average Bonchev–Trinajstić information content (AvgIpc) is 2.76. The van der Waals surface area contributed by atoms with Gasteiger partial charge in [0.1, 0.15) is 5.56 Å². The third-order valence-corrected chi connectivity index (χ3v) is 5.10. The Hall–Kier alpha value is -2.72. The molecule has 1 aromatic carbocycles. The first kappa shape index (κ1) is 23.6. The van der Waals surface area contributed by atoms with Crippen molar-refractivity contribution in [2.75, 3.05) is 40.5 Å². The van der Waals surface area contributed by atoms with E-state index in [9.17, 15) is 24.8 Å². The summed E-state index contributed by atoms with van der Waals surface area (Å²) >= 11 is 0. The van der Waals surface area contributed by atoms with Gasteiger partial charge in [-0.05, 0) is 25.8 Å². The van der Waals surface area contributed by atoms with Crippen LogP contribution in [0.4, 0.5) is 5.69 Å². The van der Waals surface area contributed by atoms with E-state index in [0.717, 1.165) is 19.3 Å². The van der Waals surface area contributed by atoms with E-state index in [1.165, 1.54) is 26.4 Å². The first-order valence-corrected chi connectivity index (χ1v) is 9.85. The predicted octanol–water partition coefficient (Wildman–Crippen LogP) is 1.96. The van der Waals surface area contributed by atoms with Crippen LogP contribution in [-0.2, 0) is 9.53 Å². The van der Waals surface area contributed by atoms with Crippen molar-refractivity contribution in [2.24, 2.45) is 0 Å². The molecular weight excluding hydrogens is 396 g/mol. The summed E-state index contributed by atoms with van der Waals surface area (Å²) < 4.78 is 15.4. The Morgan fingerprint density at radius 3 is 2.67 bits per heavy atom. The molecule has 1 N–H and O–H groups in total. The fraction of sp³-hybridized carbons (Fsp3) is 0.600. The molecule has 1 atom stereocenters. The number of aliphatic hydroxyl groups excluding tert-OH is 1. The molecular formula is C20H28N2O8. The molecule has 10 nitrogen and oxygen atoms in total. The van der Waals surface area contributed by atoms with Crippen molar-refractivity contribution in [2.45, 2.75) is 38.1 Å². The molecule has 0 aromatic heterocycles. The smallest absolute Gasteiger partial charge is 0.305 e. The summed E-state index contributed by atoms with van der Waals surface area (Å²) in [7, 11) is 2.67. The second-order valence-corrected chi connectivity index (χ2v) is 7.03. The van der Waals surface area contributed by atoms with E-state index in [1.807, 2.05) is 4.90 Å². The zero-order valence-electron chi connectivity index (χ0n) is 17.3. The SMILES string of the molecule is COC(=O)CCCOc1cc([N+](=O)[O-])c(C(=O)CN2CCCC[C@H]2CO)cc1OC. The molecule has 2 rings (SSSR count). The van der Waals surface area contributed by atoms with Gasteiger partial charge < -0.3 is 19.3 Å². The third-order valence-electron chi connectivity index (χ3n) is 5.10. The fourth-order valence-electron chi connectivity index (χ4n) is 3.44. The molecule has 1 saturated heterocycles. The second-order valence-electron chi connectivity index (χ2n) is 7.03. The minimum absolute atomic E-state index is 0.0193. The van der Waals surface area contributed by atoms with Crippen molar-refractivity contribution in [1.29, 1.82) is 0 Å². The third kappa shape index (κ3) is 6.14. The maximum atomic E-state index is 12.9. The van der Waals surface area contributed by atoms with Gasteiger partial charge in [-0.3, -0.25) is 24.6 Å². The van der Waals surface area contributed by atoms with Gasteiger partial charge in [0.2, 0.25) is 0 Å². The van der Waals surface area contributed by atoms with E-state index in [1.54, 1.807) is 0 Å². The maximum Gasteiger partial charge on any atom is 0.305 e. The van der Waals surface area contributed by atoms with Crippen molar-refractivity contribution in [3.63, 3.8) is 0 Å². The zero-order chi connectivity index (χ0) is 22.1. The van der Waals surface area contributed by atoms with Gasteiger partial charge in [0.05, 0.1) is 45.0 Å². The maximum absolute atomic E-state index is 12.9. The monoisotopic (exact) mass is 424 g/mol. The van der Waals surface area contributed by atoms with Crippen LogP contribution in [0.2, 0.25) is 0 Å². The Kier molecular flexibility index (Phi) is 9.00. The Morgan fingerprint density at radius 2 is 2.03 bits per heavy atom. The highest BCUT2D eigenvalue weighted by atomic mass is 16.6. The van der Waals surface area contributed by atoms with Gasteiger partial charge in [0.25, 0.3) is 5.69 Å². The molecule has 0 radical (unpaired) electrons. The highest BCUT2D eigenvalue weighted by Crippen LogP contribution is 2.35. The van der Waals surface area contributed by atoms with Gasteiger partial charge in [-0.2, -0.15) is 0 Å². The lowest BCUT2D eigenvalue weighted by Gasteiger charge is -2.33. The van der Waals surface area contributed by atoms with Crippen molar-refractivity contribution in [3.8, 4) is 11.5 Å². The van der Waals surface area contributed by atoms with Crippen LogP contribution in [-0.4, -0.2) is 73.2 Å². The number of carbonyl (C=O) groups excluding carboxylic acids is 2. The van der Waals surface area contributed by atoms with Gasteiger partial charge in [-0.15, -0.1) is 0 Å². The van der Waals surface area contributed by atoms with Crippen LogP contribution in [0, 0.1) is 10.1 Å². The Morgan fingerprint density at radius 1 is 1.27 bits per heavy atom. The summed E-state index contributed by atoms with van der Waals surface area (Å²) in [4.78, 5) is 36.9. The summed E-state index contributed by atoms with van der Waals surface area (Å²) in [5.41, 5.74) is -0.442. The minimum atomic E-state index is -0.631. The lowest BCUT2D eigenvalue weighted by atomic mass is 10.0. The molecule has 1 heterocycles. The number of rotatable bonds is 11. The highest BCUT2D eigenvalue weighted by Gasteiger charge is 2.29. The molecule has 1 aliphatic rings. The summed E-state index contributed by atoms with van der Waals surface area (Å²) in [5.74, 6) is -0.481. The molecule has 0 saturated carbocycles. The van der Waals surface area contributed by atoms with E-state index in [0.29, 0.717) is 13.0 Å². The molecule has 30 heavy (non-hydrogen) atoms. The molecule has 1 aromatic rings. The number of nitro benzene ring substituents is 1. The van der Waals surface area contributed by atoms with Crippen molar-refractivity contribution >= 4 is 17.4 Å². The number of carbonyl (C=O) groups is 2. The van der Waals surface area contributed by atoms with Gasteiger partial charge >= 0.3 is 5.97 Å². The van der Waals surface area contributed by atoms with E-state index in [-0.39, 0.29) is 60.9 Å². The number of piperidine rings is 1. The Labute approximate surface area is 174 Å². The first-order chi connectivity index (χ1) is 14.4. The van der Waals surface area contributed by atoms with Crippen molar-refractivity contribution in [3.05, 3.63) is 27.8 Å². The summed E-state index contributed by atoms with van der Waals surface area (Å²) in [6.45, 7) is 0.705. The number of aliphatic hydroxyl groups is 1. The largest absolute Gasteiger partial charge is 0.493 e. The van der Waals surface area contributed by atoms with E-state index in [2.05, 4.69) is 4.74 Å². The van der Waals surface area contributed by atoms with Gasteiger partial charge in [0.15, 0.2) is 17.3 Å². The van der Waals surface area contributed by atoms with Gasteiger partial charge in [0, 0.05) is 18.5 Å². The zero-order valence-corrected chi connectivity index (χ0v) is 17.3. The highest BCUT2D eigenvalue weighted by molar-refractivity contribution is 6.02. The van der Waals surface area contributed by atoms with Crippen molar-refractivity contribution < 1.29 is 33.8 Å². The van der Waals surface area contributed by atoms with Gasteiger partial charge in [-0.1, -0.05) is 6.42 Å². The molecule has 0 aliphatic carbocycles. The van der Waals surface area contributed by atoms with Gasteiger partial charge in [-0.25, -0.2) is 0 Å². The van der Waals surface area contributed by atoms with Crippen LogP contribution in [0.25, 0.3) is 0 Å². The number of likely N-dealkylation sites (tertiary alicyclic amines) is 1. The molecule has 1 fully saturated rings. The number of methoxy groups -OCH3 is 2. The number of hydrogen-bond donors (Lipinski definition) is 1. The molecule has 0 spiro atoms.